The van der Waals surface area contributed by atoms with E-state index in [4.69, 9.17) is 0 Å². The minimum absolute atomic E-state index is 0.356. The molecule has 0 atom stereocenters. The van der Waals surface area contributed by atoms with E-state index < -0.39 is 0 Å². The fourth-order valence-corrected chi connectivity index (χ4v) is 2.83. The Labute approximate surface area is 142 Å². The molecule has 0 fully saturated rings. The van der Waals surface area contributed by atoms with Crippen LogP contribution in [-0.2, 0) is 6.54 Å². The summed E-state index contributed by atoms with van der Waals surface area (Å²) in [6.45, 7) is 6.93. The molecular formula is C14H18BrN5OS. The number of pyridine rings is 1. The third-order valence-corrected chi connectivity index (χ3v) is 4.41. The Balaban J connectivity index is 1.96. The van der Waals surface area contributed by atoms with Crippen LogP contribution in [0.5, 0.6) is 0 Å². The Morgan fingerprint density at radius 1 is 1.23 bits per heavy atom. The van der Waals surface area contributed by atoms with E-state index in [1.54, 1.807) is 11.4 Å². The van der Waals surface area contributed by atoms with Crippen LogP contribution in [0.4, 0.5) is 16.4 Å². The van der Waals surface area contributed by atoms with Gasteiger partial charge < -0.3 is 0 Å². The summed E-state index contributed by atoms with van der Waals surface area (Å²) in [5.74, 6) is 1.03. The van der Waals surface area contributed by atoms with E-state index >= 15 is 0 Å². The van der Waals surface area contributed by atoms with Crippen molar-refractivity contribution in [2.24, 2.45) is 0 Å². The van der Waals surface area contributed by atoms with Gasteiger partial charge in [0.05, 0.1) is 5.69 Å². The normalized spacial score (nSPS) is 10.7. The van der Waals surface area contributed by atoms with Crippen LogP contribution in [0.3, 0.4) is 0 Å². The zero-order valence-electron chi connectivity index (χ0n) is 12.5. The van der Waals surface area contributed by atoms with Gasteiger partial charge in [-0.25, -0.2) is 14.8 Å². The minimum Gasteiger partial charge on any atom is -0.298 e. The van der Waals surface area contributed by atoms with E-state index in [9.17, 15) is 4.79 Å². The maximum Gasteiger partial charge on any atom is 0.326 e. The summed E-state index contributed by atoms with van der Waals surface area (Å²) in [7, 11) is 0. The molecule has 0 aromatic carbocycles. The zero-order valence-corrected chi connectivity index (χ0v) is 14.9. The van der Waals surface area contributed by atoms with E-state index in [1.807, 2.05) is 12.1 Å². The Morgan fingerprint density at radius 3 is 2.59 bits per heavy atom. The van der Waals surface area contributed by atoms with Gasteiger partial charge in [-0.3, -0.25) is 15.5 Å². The highest BCUT2D eigenvalue weighted by Gasteiger charge is 2.08. The van der Waals surface area contributed by atoms with Crippen molar-refractivity contribution in [3.63, 3.8) is 0 Å². The van der Waals surface area contributed by atoms with Crippen molar-refractivity contribution in [3.05, 3.63) is 33.2 Å². The van der Waals surface area contributed by atoms with Crippen molar-refractivity contribution < 1.29 is 4.79 Å². The lowest BCUT2D eigenvalue weighted by Gasteiger charge is -2.17. The number of halogens is 1. The fourth-order valence-electron chi connectivity index (χ4n) is 1.89. The number of urea groups is 1. The SMILES string of the molecule is CCN(CC)Cc1cccc(NC(=O)Nc2csc(Br)n2)n1. The number of rotatable bonds is 6. The Morgan fingerprint density at radius 2 is 1.95 bits per heavy atom. The third-order valence-electron chi connectivity index (χ3n) is 3.05. The van der Waals surface area contributed by atoms with Crippen LogP contribution >= 0.6 is 27.3 Å². The van der Waals surface area contributed by atoms with Crippen LogP contribution in [0, 0.1) is 0 Å². The summed E-state index contributed by atoms with van der Waals surface area (Å²) in [5, 5.41) is 7.14. The second-order valence-corrected chi connectivity index (χ2v) is 6.67. The number of hydrogen-bond donors (Lipinski definition) is 2. The highest BCUT2D eigenvalue weighted by Crippen LogP contribution is 2.19. The quantitative estimate of drug-likeness (QED) is 0.795. The average Bonchev–Trinajstić information content (AvgIpc) is 2.90. The second kappa shape index (κ2) is 8.21. The summed E-state index contributed by atoms with van der Waals surface area (Å²) in [6, 6.07) is 5.26. The van der Waals surface area contributed by atoms with E-state index in [2.05, 4.69) is 55.3 Å². The summed E-state index contributed by atoms with van der Waals surface area (Å²) >= 11 is 4.66. The van der Waals surface area contributed by atoms with Gasteiger partial charge in [0.1, 0.15) is 11.6 Å². The molecule has 0 unspecified atom stereocenters. The number of amides is 2. The van der Waals surface area contributed by atoms with Gasteiger partial charge in [-0.15, -0.1) is 11.3 Å². The second-order valence-electron chi connectivity index (χ2n) is 4.54. The molecule has 0 bridgehead atoms. The fraction of sp³-hybridized carbons (Fsp3) is 0.357. The number of anilines is 2. The molecule has 0 saturated heterocycles. The average molecular weight is 384 g/mol. The predicted octanol–water partition coefficient (Wildman–Crippen LogP) is 3.79. The van der Waals surface area contributed by atoms with Crippen LogP contribution in [-0.4, -0.2) is 34.0 Å². The number of carbonyl (C=O) groups excluding carboxylic acids is 1. The maximum absolute atomic E-state index is 11.9. The molecule has 0 radical (unpaired) electrons. The summed E-state index contributed by atoms with van der Waals surface area (Å²) < 4.78 is 0.724. The number of thiazole rings is 1. The molecule has 0 aliphatic rings. The molecular weight excluding hydrogens is 366 g/mol. The van der Waals surface area contributed by atoms with Gasteiger partial charge in [-0.2, -0.15) is 0 Å². The minimum atomic E-state index is -0.356. The smallest absolute Gasteiger partial charge is 0.298 e. The molecule has 2 heterocycles. The van der Waals surface area contributed by atoms with E-state index in [0.717, 1.165) is 29.2 Å². The van der Waals surface area contributed by atoms with E-state index in [-0.39, 0.29) is 6.03 Å². The number of aromatic nitrogens is 2. The molecule has 0 saturated carbocycles. The Bertz CT molecular complexity index is 629. The molecule has 0 aliphatic heterocycles. The predicted molar refractivity (Wildman–Crippen MR) is 93.3 cm³/mol. The van der Waals surface area contributed by atoms with Gasteiger partial charge in [-0.1, -0.05) is 19.9 Å². The van der Waals surface area contributed by atoms with Gasteiger partial charge in [0.15, 0.2) is 3.92 Å². The number of carbonyl (C=O) groups is 1. The van der Waals surface area contributed by atoms with Gasteiger partial charge in [-0.05, 0) is 41.2 Å². The Kier molecular flexibility index (Phi) is 6.29. The molecule has 8 heteroatoms. The molecule has 2 rings (SSSR count). The van der Waals surface area contributed by atoms with Crippen LogP contribution in [0.2, 0.25) is 0 Å². The first kappa shape index (κ1) is 16.9. The molecule has 2 aromatic heterocycles. The number of nitrogens with one attached hydrogen (secondary N) is 2. The van der Waals surface area contributed by atoms with Gasteiger partial charge in [0.2, 0.25) is 0 Å². The first-order valence-electron chi connectivity index (χ1n) is 6.98. The highest BCUT2D eigenvalue weighted by atomic mass is 79.9. The van der Waals surface area contributed by atoms with Crippen LogP contribution in [0.15, 0.2) is 27.5 Å². The van der Waals surface area contributed by atoms with E-state index in [1.165, 1.54) is 11.3 Å². The molecule has 118 valence electrons. The summed E-state index contributed by atoms with van der Waals surface area (Å²) in [4.78, 5) is 22.7. The Hall–Kier alpha value is -1.51. The number of hydrogen-bond acceptors (Lipinski definition) is 5. The van der Waals surface area contributed by atoms with Crippen molar-refractivity contribution in [2.75, 3.05) is 23.7 Å². The summed E-state index contributed by atoms with van der Waals surface area (Å²) in [5.41, 5.74) is 0.929. The summed E-state index contributed by atoms with van der Waals surface area (Å²) in [6.07, 6.45) is 0. The first-order valence-corrected chi connectivity index (χ1v) is 8.65. The zero-order chi connectivity index (χ0) is 15.9. The molecule has 2 amide bonds. The van der Waals surface area contributed by atoms with E-state index in [0.29, 0.717) is 11.6 Å². The third kappa shape index (κ3) is 5.04. The highest BCUT2D eigenvalue weighted by molar-refractivity contribution is 9.11. The molecule has 2 aromatic rings. The molecule has 22 heavy (non-hydrogen) atoms. The lowest BCUT2D eigenvalue weighted by Crippen LogP contribution is -2.23. The van der Waals surface area contributed by atoms with Crippen molar-refractivity contribution in [3.8, 4) is 0 Å². The lowest BCUT2D eigenvalue weighted by molar-refractivity contribution is 0.262. The number of nitrogens with zero attached hydrogens (tertiary/aromatic N) is 3. The maximum atomic E-state index is 11.9. The topological polar surface area (TPSA) is 70.2 Å². The van der Waals surface area contributed by atoms with Crippen molar-refractivity contribution >= 4 is 44.9 Å². The van der Waals surface area contributed by atoms with Crippen LogP contribution in [0.1, 0.15) is 19.5 Å². The lowest BCUT2D eigenvalue weighted by atomic mass is 10.3. The first-order chi connectivity index (χ1) is 10.6. The van der Waals surface area contributed by atoms with Crippen molar-refractivity contribution in [2.45, 2.75) is 20.4 Å². The van der Waals surface area contributed by atoms with Gasteiger partial charge in [0, 0.05) is 11.9 Å². The monoisotopic (exact) mass is 383 g/mol. The molecule has 6 nitrogen and oxygen atoms in total. The van der Waals surface area contributed by atoms with Crippen LogP contribution < -0.4 is 10.6 Å². The molecule has 0 spiro atoms. The standard InChI is InChI=1S/C14H18BrN5OS/c1-3-20(4-2)8-10-6-5-7-11(16-10)18-14(21)19-12-9-22-13(15)17-12/h5-7,9H,3-4,8H2,1-2H3,(H2,16,18,19,21). The van der Waals surface area contributed by atoms with Crippen molar-refractivity contribution in [1.82, 2.24) is 14.9 Å². The van der Waals surface area contributed by atoms with Crippen LogP contribution in [0.25, 0.3) is 0 Å². The van der Waals surface area contributed by atoms with Gasteiger partial charge >= 0.3 is 6.03 Å². The van der Waals surface area contributed by atoms with Gasteiger partial charge in [0.25, 0.3) is 0 Å². The largest absolute Gasteiger partial charge is 0.326 e. The van der Waals surface area contributed by atoms with Crippen molar-refractivity contribution in [1.29, 1.82) is 0 Å². The molecule has 2 N–H and O–H groups in total. The molecule has 0 aliphatic carbocycles.